The molecule has 1 saturated heterocycles. The Hall–Kier alpha value is -1.40. The summed E-state index contributed by atoms with van der Waals surface area (Å²) in [7, 11) is 0. The van der Waals surface area contributed by atoms with Crippen LogP contribution in [0.5, 0.6) is 0 Å². The first-order valence-corrected chi connectivity index (χ1v) is 10.1. The monoisotopic (exact) mass is 438 g/mol. The van der Waals surface area contributed by atoms with Crippen molar-refractivity contribution in [2.24, 2.45) is 23.7 Å². The molecule has 138 valence electrons. The Bertz CT molecular complexity index is 799. The van der Waals surface area contributed by atoms with Crippen LogP contribution in [0.4, 0.5) is 5.69 Å². The average molecular weight is 440 g/mol. The molecule has 0 unspecified atom stereocenters. The summed E-state index contributed by atoms with van der Waals surface area (Å²) >= 11 is 9.55. The van der Waals surface area contributed by atoms with Crippen molar-refractivity contribution >= 4 is 50.9 Å². The van der Waals surface area contributed by atoms with Crippen molar-refractivity contribution in [3.8, 4) is 0 Å². The standard InChI is InChI=1S/C19H20BrClN2O3/c1-8-13(6-5-12(20)16(8)21)22-17(24)9(2)23-18(25)14-10-3-4-11(7-10)15(14)19(23)26/h5-6,9-11,14-15H,3-4,7H2,1-2H3,(H,22,24)/t9-,10-,11+,14-,15-/m0/s1. The van der Waals surface area contributed by atoms with Gasteiger partial charge in [-0.3, -0.25) is 19.3 Å². The van der Waals surface area contributed by atoms with Gasteiger partial charge in [-0.05, 0) is 78.6 Å². The summed E-state index contributed by atoms with van der Waals surface area (Å²) in [5.74, 6) is -0.495. The zero-order valence-corrected chi connectivity index (χ0v) is 16.9. The van der Waals surface area contributed by atoms with E-state index in [-0.39, 0.29) is 29.6 Å². The maximum absolute atomic E-state index is 12.8. The van der Waals surface area contributed by atoms with Crippen molar-refractivity contribution in [2.45, 2.75) is 39.2 Å². The summed E-state index contributed by atoms with van der Waals surface area (Å²) < 4.78 is 0.746. The molecule has 3 fully saturated rings. The topological polar surface area (TPSA) is 66.5 Å². The number of hydrogen-bond acceptors (Lipinski definition) is 3. The fraction of sp³-hybridized carbons (Fsp3) is 0.526. The molecule has 26 heavy (non-hydrogen) atoms. The van der Waals surface area contributed by atoms with Gasteiger partial charge in [0, 0.05) is 10.2 Å². The van der Waals surface area contributed by atoms with E-state index in [1.807, 2.05) is 6.92 Å². The van der Waals surface area contributed by atoms with Crippen LogP contribution in [-0.2, 0) is 14.4 Å². The molecule has 2 saturated carbocycles. The molecule has 1 heterocycles. The van der Waals surface area contributed by atoms with Gasteiger partial charge in [-0.15, -0.1) is 0 Å². The number of likely N-dealkylation sites (tertiary alicyclic amines) is 1. The largest absolute Gasteiger partial charge is 0.324 e. The summed E-state index contributed by atoms with van der Waals surface area (Å²) in [4.78, 5) is 39.6. The van der Waals surface area contributed by atoms with Crippen molar-refractivity contribution in [3.05, 3.63) is 27.2 Å². The number of hydrogen-bond donors (Lipinski definition) is 1. The molecule has 2 aliphatic carbocycles. The van der Waals surface area contributed by atoms with Crippen LogP contribution in [0.2, 0.25) is 5.02 Å². The van der Waals surface area contributed by atoms with E-state index in [9.17, 15) is 14.4 Å². The third kappa shape index (κ3) is 2.53. The number of carbonyl (C=O) groups excluding carboxylic acids is 3. The smallest absolute Gasteiger partial charge is 0.247 e. The van der Waals surface area contributed by atoms with Gasteiger partial charge in [-0.25, -0.2) is 0 Å². The fourth-order valence-corrected chi connectivity index (χ4v) is 5.55. The predicted molar refractivity (Wildman–Crippen MR) is 102 cm³/mol. The highest BCUT2D eigenvalue weighted by Gasteiger charge is 2.62. The number of nitrogens with one attached hydrogen (secondary N) is 1. The van der Waals surface area contributed by atoms with E-state index in [4.69, 9.17) is 11.6 Å². The van der Waals surface area contributed by atoms with Crippen molar-refractivity contribution in [2.75, 3.05) is 5.32 Å². The van der Waals surface area contributed by atoms with Gasteiger partial charge >= 0.3 is 0 Å². The Morgan fingerprint density at radius 1 is 1.23 bits per heavy atom. The number of carbonyl (C=O) groups is 3. The number of fused-ring (bicyclic) bond motifs is 5. The summed E-state index contributed by atoms with van der Waals surface area (Å²) in [6.45, 7) is 3.42. The Morgan fingerprint density at radius 3 is 2.38 bits per heavy atom. The third-order valence-corrected chi connectivity index (χ3v) is 7.70. The molecule has 7 heteroatoms. The van der Waals surface area contributed by atoms with E-state index in [1.165, 1.54) is 4.90 Å². The van der Waals surface area contributed by atoms with Crippen LogP contribution in [0, 0.1) is 30.6 Å². The summed E-state index contributed by atoms with van der Waals surface area (Å²) in [6, 6.07) is 2.67. The van der Waals surface area contributed by atoms with Gasteiger partial charge in [0.2, 0.25) is 17.7 Å². The normalized spacial score (nSPS) is 30.7. The first kappa shape index (κ1) is 18.0. The second-order valence-corrected chi connectivity index (χ2v) is 8.86. The molecule has 0 aromatic heterocycles. The molecular weight excluding hydrogens is 420 g/mol. The van der Waals surface area contributed by atoms with E-state index in [1.54, 1.807) is 19.1 Å². The van der Waals surface area contributed by atoms with Crippen LogP contribution in [0.3, 0.4) is 0 Å². The highest BCUT2D eigenvalue weighted by atomic mass is 79.9. The highest BCUT2D eigenvalue weighted by molar-refractivity contribution is 9.10. The molecule has 3 amide bonds. The molecular formula is C19H20BrClN2O3. The second-order valence-electron chi connectivity index (χ2n) is 7.63. The molecule has 1 aromatic carbocycles. The molecule has 4 rings (SSSR count). The van der Waals surface area contributed by atoms with E-state index in [0.29, 0.717) is 22.5 Å². The number of rotatable bonds is 3. The molecule has 5 atom stereocenters. The number of imide groups is 1. The fourth-order valence-electron chi connectivity index (χ4n) is 4.96. The highest BCUT2D eigenvalue weighted by Crippen LogP contribution is 2.56. The minimum atomic E-state index is -0.832. The lowest BCUT2D eigenvalue weighted by Crippen LogP contribution is -2.46. The van der Waals surface area contributed by atoms with Crippen molar-refractivity contribution in [3.63, 3.8) is 0 Å². The van der Waals surface area contributed by atoms with E-state index < -0.39 is 6.04 Å². The summed E-state index contributed by atoms with van der Waals surface area (Å²) in [6.07, 6.45) is 3.03. The lowest BCUT2D eigenvalue weighted by molar-refractivity contribution is -0.146. The van der Waals surface area contributed by atoms with Gasteiger partial charge in [0.15, 0.2) is 0 Å². The van der Waals surface area contributed by atoms with Crippen LogP contribution < -0.4 is 5.32 Å². The number of anilines is 1. The van der Waals surface area contributed by atoms with Gasteiger partial charge in [0.25, 0.3) is 0 Å². The van der Waals surface area contributed by atoms with E-state index >= 15 is 0 Å². The zero-order valence-electron chi connectivity index (χ0n) is 14.6. The van der Waals surface area contributed by atoms with Crippen LogP contribution in [0.25, 0.3) is 0 Å². The number of halogens is 2. The Morgan fingerprint density at radius 2 is 1.81 bits per heavy atom. The zero-order chi connectivity index (χ0) is 18.7. The number of amides is 3. The first-order chi connectivity index (χ1) is 12.3. The lowest BCUT2D eigenvalue weighted by Gasteiger charge is -2.24. The predicted octanol–water partition coefficient (Wildman–Crippen LogP) is 3.77. The van der Waals surface area contributed by atoms with E-state index in [2.05, 4.69) is 21.2 Å². The quantitative estimate of drug-likeness (QED) is 0.729. The summed E-state index contributed by atoms with van der Waals surface area (Å²) in [5.41, 5.74) is 1.31. The van der Waals surface area contributed by atoms with Crippen LogP contribution in [0.1, 0.15) is 31.7 Å². The van der Waals surface area contributed by atoms with Crippen molar-refractivity contribution in [1.82, 2.24) is 4.90 Å². The first-order valence-electron chi connectivity index (χ1n) is 8.93. The van der Waals surface area contributed by atoms with E-state index in [0.717, 1.165) is 29.3 Å². The van der Waals surface area contributed by atoms with Gasteiger partial charge in [0.1, 0.15) is 6.04 Å². The van der Waals surface area contributed by atoms with Gasteiger partial charge in [-0.2, -0.15) is 0 Å². The second kappa shape index (κ2) is 6.34. The Labute approximate surface area is 165 Å². The average Bonchev–Trinajstić information content (AvgIpc) is 3.29. The molecule has 3 aliphatic rings. The maximum atomic E-state index is 12.8. The van der Waals surface area contributed by atoms with Crippen LogP contribution in [0.15, 0.2) is 16.6 Å². The SMILES string of the molecule is Cc1c(NC(=O)[C@H](C)N2C(=O)[C@H]3[C@@H]4CC[C@@H](C4)[C@@H]3C2=O)ccc(Br)c1Cl. The molecule has 2 bridgehead atoms. The Balaban J connectivity index is 1.54. The van der Waals surface area contributed by atoms with Gasteiger partial charge in [0.05, 0.1) is 16.9 Å². The molecule has 1 aromatic rings. The van der Waals surface area contributed by atoms with Gasteiger partial charge < -0.3 is 5.32 Å². The van der Waals surface area contributed by atoms with Crippen molar-refractivity contribution < 1.29 is 14.4 Å². The van der Waals surface area contributed by atoms with Crippen molar-refractivity contribution in [1.29, 1.82) is 0 Å². The third-order valence-electron chi connectivity index (χ3n) is 6.33. The van der Waals surface area contributed by atoms with Crippen LogP contribution >= 0.6 is 27.5 Å². The number of nitrogens with zero attached hydrogens (tertiary/aromatic N) is 1. The Kier molecular flexibility index (Phi) is 4.39. The molecule has 5 nitrogen and oxygen atoms in total. The molecule has 0 radical (unpaired) electrons. The minimum Gasteiger partial charge on any atom is -0.324 e. The lowest BCUT2D eigenvalue weighted by atomic mass is 9.81. The molecule has 1 aliphatic heterocycles. The van der Waals surface area contributed by atoms with Crippen LogP contribution in [-0.4, -0.2) is 28.7 Å². The molecule has 0 spiro atoms. The number of benzene rings is 1. The minimum absolute atomic E-state index is 0.166. The maximum Gasteiger partial charge on any atom is 0.247 e. The summed E-state index contributed by atoms with van der Waals surface area (Å²) in [5, 5.41) is 3.33. The molecule has 1 N–H and O–H groups in total. The van der Waals surface area contributed by atoms with Gasteiger partial charge in [-0.1, -0.05) is 11.6 Å².